The molecule has 2 aromatic rings. The van der Waals surface area contributed by atoms with Crippen LogP contribution in [0.3, 0.4) is 0 Å². The van der Waals surface area contributed by atoms with E-state index in [2.05, 4.69) is 15.2 Å². The van der Waals surface area contributed by atoms with Crippen LogP contribution in [0.5, 0.6) is 0 Å². The summed E-state index contributed by atoms with van der Waals surface area (Å²) in [5.41, 5.74) is 2.33. The highest BCUT2D eigenvalue weighted by Gasteiger charge is 2.27. The van der Waals surface area contributed by atoms with Gasteiger partial charge in [0.05, 0.1) is 26.0 Å². The molecule has 1 N–H and O–H groups in total. The van der Waals surface area contributed by atoms with Crippen LogP contribution in [-0.4, -0.2) is 50.3 Å². The molecule has 1 amide bonds. The van der Waals surface area contributed by atoms with Gasteiger partial charge < -0.3 is 19.7 Å². The van der Waals surface area contributed by atoms with E-state index in [-0.39, 0.29) is 5.91 Å². The van der Waals surface area contributed by atoms with Gasteiger partial charge in [-0.15, -0.1) is 0 Å². The quantitative estimate of drug-likeness (QED) is 0.790. The fourth-order valence-corrected chi connectivity index (χ4v) is 3.95. The number of nitrogens with zero attached hydrogens (tertiary/aromatic N) is 2. The molecule has 144 valence electrons. The van der Waals surface area contributed by atoms with Crippen molar-refractivity contribution < 1.29 is 19.1 Å². The Hall–Kier alpha value is -2.45. The molecule has 1 fully saturated rings. The SMILES string of the molecule is COC(=O)C(NC(=O)c1sc(N2CCOCC2)nc1C)c1cccc(C)c1. The first-order chi connectivity index (χ1) is 13.0. The summed E-state index contributed by atoms with van der Waals surface area (Å²) < 4.78 is 10.2. The van der Waals surface area contributed by atoms with Crippen molar-refractivity contribution in [3.63, 3.8) is 0 Å². The van der Waals surface area contributed by atoms with E-state index in [9.17, 15) is 9.59 Å². The molecule has 1 saturated heterocycles. The molecule has 0 saturated carbocycles. The third kappa shape index (κ3) is 4.45. The lowest BCUT2D eigenvalue weighted by molar-refractivity contribution is -0.143. The average Bonchev–Trinajstić information content (AvgIpc) is 3.08. The molecule has 1 aromatic carbocycles. The monoisotopic (exact) mass is 389 g/mol. The number of ether oxygens (including phenoxy) is 2. The zero-order chi connectivity index (χ0) is 19.4. The van der Waals surface area contributed by atoms with Crippen molar-refractivity contribution in [2.24, 2.45) is 0 Å². The molecule has 8 heteroatoms. The molecule has 0 radical (unpaired) electrons. The number of aromatic nitrogens is 1. The third-order valence-corrected chi connectivity index (χ3v) is 5.58. The number of anilines is 1. The number of carbonyl (C=O) groups is 2. The number of amides is 1. The lowest BCUT2D eigenvalue weighted by Gasteiger charge is -2.26. The van der Waals surface area contributed by atoms with Crippen LogP contribution in [0, 0.1) is 13.8 Å². The molecular weight excluding hydrogens is 366 g/mol. The first-order valence-electron chi connectivity index (χ1n) is 8.75. The van der Waals surface area contributed by atoms with E-state index in [1.54, 1.807) is 13.0 Å². The number of aryl methyl sites for hydroxylation is 2. The van der Waals surface area contributed by atoms with Crippen LogP contribution in [0.4, 0.5) is 5.13 Å². The van der Waals surface area contributed by atoms with E-state index in [0.29, 0.717) is 29.3 Å². The average molecular weight is 389 g/mol. The van der Waals surface area contributed by atoms with Gasteiger partial charge in [-0.2, -0.15) is 0 Å². The maximum absolute atomic E-state index is 12.9. The summed E-state index contributed by atoms with van der Waals surface area (Å²) in [4.78, 5) is 32.2. The van der Waals surface area contributed by atoms with E-state index in [1.165, 1.54) is 18.4 Å². The van der Waals surface area contributed by atoms with Gasteiger partial charge in [0.1, 0.15) is 4.88 Å². The van der Waals surface area contributed by atoms with E-state index in [4.69, 9.17) is 9.47 Å². The molecule has 27 heavy (non-hydrogen) atoms. The van der Waals surface area contributed by atoms with Crippen molar-refractivity contribution in [1.82, 2.24) is 10.3 Å². The number of morpholine rings is 1. The van der Waals surface area contributed by atoms with Crippen molar-refractivity contribution in [1.29, 1.82) is 0 Å². The van der Waals surface area contributed by atoms with Gasteiger partial charge in [0, 0.05) is 13.1 Å². The number of hydrogen-bond donors (Lipinski definition) is 1. The Balaban J connectivity index is 1.81. The molecule has 7 nitrogen and oxygen atoms in total. The normalized spacial score (nSPS) is 15.3. The van der Waals surface area contributed by atoms with E-state index in [1.807, 2.05) is 25.1 Å². The molecule has 1 unspecified atom stereocenters. The molecule has 0 aliphatic carbocycles. The minimum absolute atomic E-state index is 0.332. The zero-order valence-corrected chi connectivity index (χ0v) is 16.5. The second kappa shape index (κ2) is 8.49. The molecule has 1 aliphatic rings. The summed E-state index contributed by atoms with van der Waals surface area (Å²) >= 11 is 1.33. The van der Waals surface area contributed by atoms with Crippen LogP contribution in [0.15, 0.2) is 24.3 Å². The molecule has 1 aromatic heterocycles. The Morgan fingerprint density at radius 3 is 2.70 bits per heavy atom. The highest BCUT2D eigenvalue weighted by Crippen LogP contribution is 2.27. The number of methoxy groups -OCH3 is 1. The van der Waals surface area contributed by atoms with Gasteiger partial charge in [-0.1, -0.05) is 41.2 Å². The van der Waals surface area contributed by atoms with Crippen LogP contribution in [0.2, 0.25) is 0 Å². The van der Waals surface area contributed by atoms with Crippen LogP contribution in [-0.2, 0) is 14.3 Å². The predicted octanol–water partition coefficient (Wildman–Crippen LogP) is 2.24. The first kappa shape index (κ1) is 19.3. The van der Waals surface area contributed by atoms with Gasteiger partial charge in [-0.05, 0) is 19.4 Å². The molecule has 2 heterocycles. The maximum Gasteiger partial charge on any atom is 0.333 e. The van der Waals surface area contributed by atoms with Crippen molar-refractivity contribution in [2.75, 3.05) is 38.3 Å². The standard InChI is InChI=1S/C19H23N3O4S/c1-12-5-4-6-14(11-12)15(18(24)25-3)21-17(23)16-13(2)20-19(27-16)22-7-9-26-10-8-22/h4-6,11,15H,7-10H2,1-3H3,(H,21,23). The Labute approximate surface area is 162 Å². The fraction of sp³-hybridized carbons (Fsp3) is 0.421. The number of benzene rings is 1. The number of thiazole rings is 1. The summed E-state index contributed by atoms with van der Waals surface area (Å²) in [7, 11) is 1.31. The van der Waals surface area contributed by atoms with E-state index < -0.39 is 12.0 Å². The van der Waals surface area contributed by atoms with Crippen molar-refractivity contribution >= 4 is 28.3 Å². The zero-order valence-electron chi connectivity index (χ0n) is 15.7. The van der Waals surface area contributed by atoms with Crippen LogP contribution < -0.4 is 10.2 Å². The molecule has 1 aliphatic heterocycles. The Kier molecular flexibility index (Phi) is 6.08. The second-order valence-electron chi connectivity index (χ2n) is 6.35. The second-order valence-corrected chi connectivity index (χ2v) is 7.33. The Morgan fingerprint density at radius 2 is 2.04 bits per heavy atom. The van der Waals surface area contributed by atoms with Crippen molar-refractivity contribution in [3.05, 3.63) is 46.0 Å². The summed E-state index contributed by atoms with van der Waals surface area (Å²) in [6.45, 7) is 6.54. The van der Waals surface area contributed by atoms with Crippen LogP contribution >= 0.6 is 11.3 Å². The lowest BCUT2D eigenvalue weighted by Crippen LogP contribution is -2.36. The fourth-order valence-electron chi connectivity index (χ4n) is 2.93. The first-order valence-corrected chi connectivity index (χ1v) is 9.56. The summed E-state index contributed by atoms with van der Waals surface area (Å²) in [5.74, 6) is -0.842. The molecule has 0 spiro atoms. The summed E-state index contributed by atoms with van der Waals surface area (Å²) in [5, 5.41) is 3.60. The third-order valence-electron chi connectivity index (χ3n) is 4.36. The highest BCUT2D eigenvalue weighted by molar-refractivity contribution is 7.17. The number of hydrogen-bond acceptors (Lipinski definition) is 7. The topological polar surface area (TPSA) is 80.8 Å². The Morgan fingerprint density at radius 1 is 1.30 bits per heavy atom. The lowest BCUT2D eigenvalue weighted by atomic mass is 10.0. The molecule has 0 bridgehead atoms. The van der Waals surface area contributed by atoms with Crippen LogP contribution in [0.25, 0.3) is 0 Å². The summed E-state index contributed by atoms with van der Waals surface area (Å²) in [6.07, 6.45) is 0. The maximum atomic E-state index is 12.9. The van der Waals surface area contributed by atoms with E-state index in [0.717, 1.165) is 23.8 Å². The van der Waals surface area contributed by atoms with Gasteiger partial charge in [-0.25, -0.2) is 9.78 Å². The molecular formula is C19H23N3O4S. The van der Waals surface area contributed by atoms with E-state index >= 15 is 0 Å². The molecule has 1 atom stereocenters. The smallest absolute Gasteiger partial charge is 0.333 e. The largest absolute Gasteiger partial charge is 0.467 e. The predicted molar refractivity (Wildman–Crippen MR) is 103 cm³/mol. The van der Waals surface area contributed by atoms with Gasteiger partial charge in [0.25, 0.3) is 5.91 Å². The van der Waals surface area contributed by atoms with Gasteiger partial charge in [-0.3, -0.25) is 4.79 Å². The minimum atomic E-state index is -0.865. The number of esters is 1. The van der Waals surface area contributed by atoms with Crippen LogP contribution in [0.1, 0.15) is 32.5 Å². The minimum Gasteiger partial charge on any atom is -0.467 e. The van der Waals surface area contributed by atoms with Crippen molar-refractivity contribution in [2.45, 2.75) is 19.9 Å². The van der Waals surface area contributed by atoms with Gasteiger partial charge >= 0.3 is 5.97 Å². The highest BCUT2D eigenvalue weighted by atomic mass is 32.1. The van der Waals surface area contributed by atoms with Gasteiger partial charge in [0.2, 0.25) is 0 Å². The number of rotatable bonds is 5. The number of carbonyl (C=O) groups excluding carboxylic acids is 2. The summed E-state index contributed by atoms with van der Waals surface area (Å²) in [6, 6.07) is 6.58. The number of nitrogens with one attached hydrogen (secondary N) is 1. The molecule has 3 rings (SSSR count). The Bertz CT molecular complexity index is 830. The van der Waals surface area contributed by atoms with Gasteiger partial charge in [0.15, 0.2) is 11.2 Å². The van der Waals surface area contributed by atoms with Crippen molar-refractivity contribution in [3.8, 4) is 0 Å².